The molecule has 1 N–H and O–H groups in total. The molecule has 1 aliphatic rings. The van der Waals surface area contributed by atoms with Crippen LogP contribution in [0, 0.1) is 0 Å². The van der Waals surface area contributed by atoms with Gasteiger partial charge in [0.25, 0.3) is 5.91 Å². The van der Waals surface area contributed by atoms with E-state index >= 15 is 0 Å². The standard InChI is InChI=1S/C23H25N3O3S/c1-2-30(28,29)20-9-7-19(8-10-20)26-15-12-18(13-16-26)25-23(27)22-21-6-4-3-5-17(21)11-14-24-22/h3-11,14,18H,2,12-13,15-16H2,1H3,(H,25,27). The van der Waals surface area contributed by atoms with E-state index in [4.69, 9.17) is 0 Å². The van der Waals surface area contributed by atoms with Crippen molar-refractivity contribution in [2.75, 3.05) is 23.7 Å². The first kappa shape index (κ1) is 20.3. The zero-order valence-electron chi connectivity index (χ0n) is 16.9. The fraction of sp³-hybridized carbons (Fsp3) is 0.304. The first-order valence-corrected chi connectivity index (χ1v) is 11.9. The predicted octanol–water partition coefficient (Wildman–Crippen LogP) is 3.43. The van der Waals surface area contributed by atoms with Gasteiger partial charge in [0.05, 0.1) is 10.6 Å². The number of fused-ring (bicyclic) bond motifs is 1. The Kier molecular flexibility index (Phi) is 5.72. The van der Waals surface area contributed by atoms with Crippen LogP contribution in [0.5, 0.6) is 0 Å². The first-order valence-electron chi connectivity index (χ1n) is 10.2. The van der Waals surface area contributed by atoms with E-state index in [0.717, 1.165) is 42.4 Å². The van der Waals surface area contributed by atoms with Crippen LogP contribution in [0.1, 0.15) is 30.3 Å². The number of carbonyl (C=O) groups excluding carboxylic acids is 1. The number of nitrogens with zero attached hydrogens (tertiary/aromatic N) is 2. The van der Waals surface area contributed by atoms with Crippen molar-refractivity contribution in [3.63, 3.8) is 0 Å². The van der Waals surface area contributed by atoms with Gasteiger partial charge in [0.15, 0.2) is 9.84 Å². The highest BCUT2D eigenvalue weighted by atomic mass is 32.2. The topological polar surface area (TPSA) is 79.4 Å². The molecule has 4 rings (SSSR count). The summed E-state index contributed by atoms with van der Waals surface area (Å²) in [4.78, 5) is 19.7. The Morgan fingerprint density at radius 2 is 1.77 bits per heavy atom. The van der Waals surface area contributed by atoms with Crippen molar-refractivity contribution in [1.82, 2.24) is 10.3 Å². The smallest absolute Gasteiger partial charge is 0.270 e. The van der Waals surface area contributed by atoms with Gasteiger partial charge < -0.3 is 10.2 Å². The highest BCUT2D eigenvalue weighted by Gasteiger charge is 2.23. The van der Waals surface area contributed by atoms with Crippen LogP contribution in [0.3, 0.4) is 0 Å². The Morgan fingerprint density at radius 1 is 1.07 bits per heavy atom. The molecular formula is C23H25N3O3S. The number of sulfone groups is 1. The van der Waals surface area contributed by atoms with Crippen LogP contribution in [0.25, 0.3) is 10.8 Å². The number of carbonyl (C=O) groups is 1. The van der Waals surface area contributed by atoms with E-state index in [1.807, 2.05) is 42.5 Å². The molecule has 3 aromatic rings. The summed E-state index contributed by atoms with van der Waals surface area (Å²) in [5, 5.41) is 4.99. The molecule has 1 amide bonds. The summed E-state index contributed by atoms with van der Waals surface area (Å²) in [6, 6.07) is 16.8. The highest BCUT2D eigenvalue weighted by molar-refractivity contribution is 7.91. The number of pyridine rings is 1. The summed E-state index contributed by atoms with van der Waals surface area (Å²) < 4.78 is 23.9. The summed E-state index contributed by atoms with van der Waals surface area (Å²) >= 11 is 0. The second-order valence-corrected chi connectivity index (χ2v) is 9.79. The maximum Gasteiger partial charge on any atom is 0.270 e. The van der Waals surface area contributed by atoms with Gasteiger partial charge >= 0.3 is 0 Å². The van der Waals surface area contributed by atoms with Crippen molar-refractivity contribution < 1.29 is 13.2 Å². The van der Waals surface area contributed by atoms with E-state index in [1.165, 1.54) is 0 Å². The van der Waals surface area contributed by atoms with Gasteiger partial charge in [-0.1, -0.05) is 31.2 Å². The number of hydrogen-bond acceptors (Lipinski definition) is 5. The highest BCUT2D eigenvalue weighted by Crippen LogP contribution is 2.23. The third-order valence-electron chi connectivity index (χ3n) is 5.66. The van der Waals surface area contributed by atoms with Crippen LogP contribution in [-0.2, 0) is 9.84 Å². The number of aromatic nitrogens is 1. The van der Waals surface area contributed by atoms with Gasteiger partial charge in [0.2, 0.25) is 0 Å². The minimum absolute atomic E-state index is 0.0919. The lowest BCUT2D eigenvalue weighted by Crippen LogP contribution is -2.45. The predicted molar refractivity (Wildman–Crippen MR) is 119 cm³/mol. The minimum Gasteiger partial charge on any atom is -0.371 e. The van der Waals surface area contributed by atoms with Crippen LogP contribution >= 0.6 is 0 Å². The van der Waals surface area contributed by atoms with Crippen molar-refractivity contribution in [3.8, 4) is 0 Å². The van der Waals surface area contributed by atoms with Gasteiger partial charge in [0, 0.05) is 36.4 Å². The van der Waals surface area contributed by atoms with Crippen LogP contribution in [-0.4, -0.2) is 44.2 Å². The Balaban J connectivity index is 1.38. The van der Waals surface area contributed by atoms with E-state index in [0.29, 0.717) is 10.6 Å². The molecule has 0 atom stereocenters. The van der Waals surface area contributed by atoms with Gasteiger partial charge in [-0.25, -0.2) is 8.42 Å². The molecule has 0 aliphatic carbocycles. The second kappa shape index (κ2) is 8.44. The van der Waals surface area contributed by atoms with Crippen LogP contribution in [0.15, 0.2) is 65.7 Å². The third-order valence-corrected chi connectivity index (χ3v) is 7.41. The molecule has 1 aliphatic heterocycles. The van der Waals surface area contributed by atoms with E-state index in [1.54, 1.807) is 25.3 Å². The monoisotopic (exact) mass is 423 g/mol. The number of benzene rings is 2. The van der Waals surface area contributed by atoms with Crippen molar-refractivity contribution in [2.45, 2.75) is 30.7 Å². The molecule has 0 saturated carbocycles. The Hall–Kier alpha value is -2.93. The maximum absolute atomic E-state index is 12.8. The molecule has 2 aromatic carbocycles. The van der Waals surface area contributed by atoms with Crippen molar-refractivity contribution in [1.29, 1.82) is 0 Å². The summed E-state index contributed by atoms with van der Waals surface area (Å²) in [7, 11) is -3.18. The normalized spacial score (nSPS) is 15.3. The second-order valence-electron chi connectivity index (χ2n) is 7.51. The van der Waals surface area contributed by atoms with Crippen LogP contribution in [0.4, 0.5) is 5.69 Å². The summed E-state index contributed by atoms with van der Waals surface area (Å²) in [6.07, 6.45) is 3.32. The molecule has 0 unspecified atom stereocenters. The van der Waals surface area contributed by atoms with Crippen molar-refractivity contribution >= 4 is 32.2 Å². The average molecular weight is 424 g/mol. The van der Waals surface area contributed by atoms with Gasteiger partial charge in [0.1, 0.15) is 5.69 Å². The fourth-order valence-electron chi connectivity index (χ4n) is 3.87. The number of hydrogen-bond donors (Lipinski definition) is 1. The van der Waals surface area contributed by atoms with Crippen molar-refractivity contribution in [2.24, 2.45) is 0 Å². The van der Waals surface area contributed by atoms with Crippen LogP contribution in [0.2, 0.25) is 0 Å². The molecule has 0 bridgehead atoms. The Morgan fingerprint density at radius 3 is 2.47 bits per heavy atom. The Bertz CT molecular complexity index is 1150. The number of nitrogens with one attached hydrogen (secondary N) is 1. The van der Waals surface area contributed by atoms with E-state index < -0.39 is 9.84 Å². The summed E-state index contributed by atoms with van der Waals surface area (Å²) in [5.74, 6) is -0.0393. The molecule has 1 saturated heterocycles. The third kappa shape index (κ3) is 4.16. The number of piperidine rings is 1. The molecule has 2 heterocycles. The van der Waals surface area contributed by atoms with Gasteiger partial charge in [-0.3, -0.25) is 9.78 Å². The lowest BCUT2D eigenvalue weighted by molar-refractivity contribution is 0.0928. The molecule has 6 nitrogen and oxygen atoms in total. The molecule has 156 valence electrons. The van der Waals surface area contributed by atoms with E-state index in [2.05, 4.69) is 15.2 Å². The molecule has 0 radical (unpaired) electrons. The average Bonchev–Trinajstić information content (AvgIpc) is 2.79. The van der Waals surface area contributed by atoms with Gasteiger partial charge in [-0.15, -0.1) is 0 Å². The summed E-state index contributed by atoms with van der Waals surface area (Å²) in [5.41, 5.74) is 1.47. The zero-order valence-corrected chi connectivity index (χ0v) is 17.7. The quantitative estimate of drug-likeness (QED) is 0.680. The molecule has 0 spiro atoms. The summed E-state index contributed by atoms with van der Waals surface area (Å²) in [6.45, 7) is 3.25. The van der Waals surface area contributed by atoms with E-state index in [-0.39, 0.29) is 17.7 Å². The number of amides is 1. The Labute approximate surface area is 176 Å². The molecule has 7 heteroatoms. The largest absolute Gasteiger partial charge is 0.371 e. The lowest BCUT2D eigenvalue weighted by Gasteiger charge is -2.34. The fourth-order valence-corrected chi connectivity index (χ4v) is 4.75. The molecule has 30 heavy (non-hydrogen) atoms. The van der Waals surface area contributed by atoms with Gasteiger partial charge in [-0.05, 0) is 48.6 Å². The lowest BCUT2D eigenvalue weighted by atomic mass is 10.0. The molecular weight excluding hydrogens is 398 g/mol. The SMILES string of the molecule is CCS(=O)(=O)c1ccc(N2CCC(NC(=O)c3nccc4ccccc34)CC2)cc1. The molecule has 1 aromatic heterocycles. The first-order chi connectivity index (χ1) is 14.5. The van der Waals surface area contributed by atoms with Crippen molar-refractivity contribution in [3.05, 3.63) is 66.5 Å². The van der Waals surface area contributed by atoms with Crippen LogP contribution < -0.4 is 10.2 Å². The molecule has 1 fully saturated rings. The van der Waals surface area contributed by atoms with Gasteiger partial charge in [-0.2, -0.15) is 0 Å². The zero-order chi connectivity index (χ0) is 21.1. The maximum atomic E-state index is 12.8. The number of anilines is 1. The number of rotatable bonds is 5. The van der Waals surface area contributed by atoms with E-state index in [9.17, 15) is 13.2 Å². The minimum atomic E-state index is -3.18.